The third-order valence-corrected chi connectivity index (χ3v) is 8.09. The molecule has 8 heteroatoms. The summed E-state index contributed by atoms with van der Waals surface area (Å²) < 4.78 is 41.4. The first-order valence-corrected chi connectivity index (χ1v) is 11.1. The van der Waals surface area contributed by atoms with E-state index in [0.717, 1.165) is 12.1 Å². The third kappa shape index (κ3) is 4.27. The zero-order valence-electron chi connectivity index (χ0n) is 16.0. The Morgan fingerprint density at radius 1 is 1.19 bits per heavy atom. The van der Waals surface area contributed by atoms with Crippen LogP contribution < -0.4 is 4.90 Å². The molecule has 6 nitrogen and oxygen atoms in total. The van der Waals surface area contributed by atoms with E-state index < -0.39 is 10.0 Å². The van der Waals surface area contributed by atoms with Gasteiger partial charge in [-0.2, -0.15) is 4.31 Å². The van der Waals surface area contributed by atoms with Gasteiger partial charge in [-0.15, -0.1) is 0 Å². The van der Waals surface area contributed by atoms with E-state index in [-0.39, 0.29) is 23.5 Å². The number of hydrogen-bond donors (Lipinski definition) is 0. The maximum absolute atomic E-state index is 14.7. The molecule has 0 spiro atoms. The molecule has 0 aromatic heterocycles. The molecule has 3 rings (SSSR count). The van der Waals surface area contributed by atoms with E-state index in [4.69, 9.17) is 0 Å². The van der Waals surface area contributed by atoms with E-state index in [1.54, 1.807) is 17.9 Å². The van der Waals surface area contributed by atoms with Gasteiger partial charge < -0.3 is 9.80 Å². The molecule has 27 heavy (non-hydrogen) atoms. The average molecular weight is 398 g/mol. The van der Waals surface area contributed by atoms with Crippen LogP contribution in [0.2, 0.25) is 0 Å². The molecule has 150 valence electrons. The van der Waals surface area contributed by atoms with Gasteiger partial charge in [0.2, 0.25) is 15.9 Å². The summed E-state index contributed by atoms with van der Waals surface area (Å²) in [6.45, 7) is 6.56. The summed E-state index contributed by atoms with van der Waals surface area (Å²) in [6, 6.07) is 5.01. The molecule has 2 aliphatic heterocycles. The average Bonchev–Trinajstić information content (AvgIpc) is 2.64. The highest BCUT2D eigenvalue weighted by Gasteiger charge is 2.34. The number of anilines is 1. The number of rotatable bonds is 4. The highest BCUT2D eigenvalue weighted by molar-refractivity contribution is 7.89. The second-order valence-electron chi connectivity index (χ2n) is 7.32. The number of nitrogens with zero attached hydrogens (tertiary/aromatic N) is 3. The zero-order valence-corrected chi connectivity index (χ0v) is 16.8. The Morgan fingerprint density at radius 2 is 1.89 bits per heavy atom. The second kappa shape index (κ2) is 8.14. The van der Waals surface area contributed by atoms with Crippen molar-refractivity contribution in [1.82, 2.24) is 9.21 Å². The number of benzene rings is 1. The Kier molecular flexibility index (Phi) is 6.05. The molecular formula is C19H28FN3O3S. The fourth-order valence-electron chi connectivity index (χ4n) is 3.90. The first-order chi connectivity index (χ1) is 12.8. The Morgan fingerprint density at radius 3 is 2.48 bits per heavy atom. The molecule has 1 aromatic carbocycles. The van der Waals surface area contributed by atoms with Crippen molar-refractivity contribution in [3.8, 4) is 0 Å². The topological polar surface area (TPSA) is 60.9 Å². The largest absolute Gasteiger partial charge is 0.368 e. The molecule has 1 aromatic rings. The van der Waals surface area contributed by atoms with Crippen LogP contribution in [0.15, 0.2) is 18.2 Å². The van der Waals surface area contributed by atoms with E-state index in [9.17, 15) is 17.6 Å². The molecule has 1 amide bonds. The quantitative estimate of drug-likeness (QED) is 0.782. The molecule has 2 saturated heterocycles. The molecule has 1 atom stereocenters. The molecule has 0 saturated carbocycles. The fourth-order valence-corrected chi connectivity index (χ4v) is 5.91. The van der Waals surface area contributed by atoms with E-state index in [1.807, 2.05) is 13.0 Å². The van der Waals surface area contributed by atoms with Crippen molar-refractivity contribution in [3.63, 3.8) is 0 Å². The molecule has 2 heterocycles. The van der Waals surface area contributed by atoms with Crippen LogP contribution in [0.4, 0.5) is 10.1 Å². The SMILES string of the molecule is CCC1CCCN(Cc2ccc(N3CCN(C(C)=O)CC3)cc2F)S1(=O)=O. The van der Waals surface area contributed by atoms with Gasteiger partial charge in [0.1, 0.15) is 5.82 Å². The maximum Gasteiger partial charge on any atom is 0.219 e. The minimum atomic E-state index is -3.36. The Balaban J connectivity index is 1.69. The van der Waals surface area contributed by atoms with Gasteiger partial charge in [-0.05, 0) is 31.4 Å². The van der Waals surface area contributed by atoms with Crippen LogP contribution in [-0.4, -0.2) is 61.5 Å². The molecule has 2 aliphatic rings. The number of carbonyl (C=O) groups excluding carboxylic acids is 1. The summed E-state index contributed by atoms with van der Waals surface area (Å²) in [5.74, 6) is -0.320. The lowest BCUT2D eigenvalue weighted by Crippen LogP contribution is -2.48. The predicted octanol–water partition coefficient (Wildman–Crippen LogP) is 2.20. The first kappa shape index (κ1) is 20.1. The van der Waals surface area contributed by atoms with Crippen molar-refractivity contribution >= 4 is 21.6 Å². The number of amides is 1. The summed E-state index contributed by atoms with van der Waals surface area (Å²) in [4.78, 5) is 15.3. The first-order valence-electron chi connectivity index (χ1n) is 9.60. The summed E-state index contributed by atoms with van der Waals surface area (Å²) in [5, 5.41) is -0.355. The number of hydrogen-bond acceptors (Lipinski definition) is 4. The van der Waals surface area contributed by atoms with Gasteiger partial charge in [-0.1, -0.05) is 13.0 Å². The zero-order chi connectivity index (χ0) is 19.6. The fraction of sp³-hybridized carbons (Fsp3) is 0.632. The lowest BCUT2D eigenvalue weighted by atomic mass is 10.1. The molecule has 1 unspecified atom stereocenters. The predicted molar refractivity (Wildman–Crippen MR) is 104 cm³/mol. The summed E-state index contributed by atoms with van der Waals surface area (Å²) >= 11 is 0. The minimum absolute atomic E-state index is 0.0595. The van der Waals surface area contributed by atoms with Gasteiger partial charge in [0.05, 0.1) is 5.25 Å². The number of halogens is 1. The van der Waals surface area contributed by atoms with Crippen LogP contribution in [-0.2, 0) is 21.4 Å². The highest BCUT2D eigenvalue weighted by atomic mass is 32.2. The third-order valence-electron chi connectivity index (χ3n) is 5.64. The van der Waals surface area contributed by atoms with Crippen molar-refractivity contribution < 1.29 is 17.6 Å². The van der Waals surface area contributed by atoms with Crippen LogP contribution >= 0.6 is 0 Å². The number of carbonyl (C=O) groups is 1. The van der Waals surface area contributed by atoms with E-state index in [1.165, 1.54) is 10.4 Å². The maximum atomic E-state index is 14.7. The molecule has 0 radical (unpaired) electrons. The highest BCUT2D eigenvalue weighted by Crippen LogP contribution is 2.27. The van der Waals surface area contributed by atoms with Gasteiger partial charge >= 0.3 is 0 Å². The molecular weight excluding hydrogens is 369 g/mol. The summed E-state index contributed by atoms with van der Waals surface area (Å²) in [7, 11) is -3.36. The smallest absolute Gasteiger partial charge is 0.219 e. The second-order valence-corrected chi connectivity index (χ2v) is 9.53. The van der Waals surface area contributed by atoms with Crippen LogP contribution in [0, 0.1) is 5.82 Å². The van der Waals surface area contributed by atoms with Gasteiger partial charge in [0.25, 0.3) is 0 Å². The van der Waals surface area contributed by atoms with Crippen molar-refractivity contribution in [2.45, 2.75) is 44.9 Å². The molecule has 0 N–H and O–H groups in total. The van der Waals surface area contributed by atoms with Gasteiger partial charge in [-0.25, -0.2) is 12.8 Å². The van der Waals surface area contributed by atoms with Crippen LogP contribution in [0.1, 0.15) is 38.7 Å². The summed E-state index contributed by atoms with van der Waals surface area (Å²) in [5.41, 5.74) is 1.17. The van der Waals surface area contributed by atoms with E-state index >= 15 is 0 Å². The van der Waals surface area contributed by atoms with Crippen molar-refractivity contribution in [3.05, 3.63) is 29.6 Å². The standard InChI is InChI=1S/C19H28FN3O3S/c1-3-18-5-4-8-23(27(18,25)26)14-16-6-7-17(13-19(16)20)22-11-9-21(10-12-22)15(2)24/h6-7,13,18H,3-5,8-12,14H2,1-2H3. The van der Waals surface area contributed by atoms with E-state index in [0.29, 0.717) is 51.1 Å². The number of piperazine rings is 1. The van der Waals surface area contributed by atoms with Crippen molar-refractivity contribution in [2.24, 2.45) is 0 Å². The lowest BCUT2D eigenvalue weighted by Gasteiger charge is -2.36. The lowest BCUT2D eigenvalue weighted by molar-refractivity contribution is -0.129. The van der Waals surface area contributed by atoms with Gasteiger partial charge in [0.15, 0.2) is 0 Å². The van der Waals surface area contributed by atoms with Crippen molar-refractivity contribution in [2.75, 3.05) is 37.6 Å². The minimum Gasteiger partial charge on any atom is -0.368 e. The Labute approximate surface area is 161 Å². The van der Waals surface area contributed by atoms with Crippen LogP contribution in [0.5, 0.6) is 0 Å². The Bertz CT molecular complexity index is 791. The van der Waals surface area contributed by atoms with Crippen molar-refractivity contribution in [1.29, 1.82) is 0 Å². The summed E-state index contributed by atoms with van der Waals surface area (Å²) in [6.07, 6.45) is 2.09. The van der Waals surface area contributed by atoms with E-state index in [2.05, 4.69) is 4.90 Å². The normalized spacial score (nSPS) is 23.4. The van der Waals surface area contributed by atoms with Crippen LogP contribution in [0.25, 0.3) is 0 Å². The Hall–Kier alpha value is -1.67. The molecule has 2 fully saturated rings. The molecule has 0 aliphatic carbocycles. The van der Waals surface area contributed by atoms with Crippen LogP contribution in [0.3, 0.4) is 0 Å². The monoisotopic (exact) mass is 397 g/mol. The molecule has 0 bridgehead atoms. The van der Waals surface area contributed by atoms with Gasteiger partial charge in [0, 0.05) is 57.4 Å². The van der Waals surface area contributed by atoms with Gasteiger partial charge in [-0.3, -0.25) is 4.79 Å². The number of sulfonamides is 1.